The quantitative estimate of drug-likeness (QED) is 0.787. The Hall–Kier alpha value is -3.21. The number of hydrogen-bond donors (Lipinski definition) is 1. The zero-order chi connectivity index (χ0) is 17.9. The van der Waals surface area contributed by atoms with Crippen LogP contribution in [0.5, 0.6) is 11.5 Å². The fraction of sp³-hybridized carbons (Fsp3) is 0.190. The Kier molecular flexibility index (Phi) is 4.35. The van der Waals surface area contributed by atoms with Crippen molar-refractivity contribution >= 4 is 5.69 Å². The van der Waals surface area contributed by atoms with Crippen LogP contribution >= 0.6 is 0 Å². The SMILES string of the molecule is O=c1cc2n(cc1O)CCN(c1cccc(OCc3ccccc3)c1)C2. The molecule has 2 heterocycles. The summed E-state index contributed by atoms with van der Waals surface area (Å²) in [6, 6.07) is 19.6. The molecule has 1 aliphatic rings. The van der Waals surface area contributed by atoms with Crippen LogP contribution in [0.1, 0.15) is 11.3 Å². The van der Waals surface area contributed by atoms with Crippen molar-refractivity contribution in [2.75, 3.05) is 11.4 Å². The molecule has 4 rings (SSSR count). The second-order valence-electron chi connectivity index (χ2n) is 6.40. The lowest BCUT2D eigenvalue weighted by Crippen LogP contribution is -2.35. The standard InChI is InChI=1S/C21H20N2O3/c24-20-12-18-13-22(9-10-23(18)14-21(20)25)17-7-4-8-19(11-17)26-15-16-5-2-1-3-6-16/h1-8,11-12,14,25H,9-10,13,15H2. The van der Waals surface area contributed by atoms with Crippen LogP contribution in [-0.4, -0.2) is 16.2 Å². The van der Waals surface area contributed by atoms with Gasteiger partial charge >= 0.3 is 0 Å². The average molecular weight is 348 g/mol. The van der Waals surface area contributed by atoms with Gasteiger partial charge < -0.3 is 19.3 Å². The van der Waals surface area contributed by atoms with Crippen LogP contribution in [0.15, 0.2) is 71.7 Å². The van der Waals surface area contributed by atoms with Gasteiger partial charge in [0, 0.05) is 36.6 Å². The molecule has 26 heavy (non-hydrogen) atoms. The molecule has 0 atom stereocenters. The lowest BCUT2D eigenvalue weighted by Gasteiger charge is -2.32. The molecule has 0 unspecified atom stereocenters. The Bertz CT molecular complexity index is 966. The number of nitrogens with zero attached hydrogens (tertiary/aromatic N) is 2. The smallest absolute Gasteiger partial charge is 0.223 e. The molecule has 0 radical (unpaired) electrons. The van der Waals surface area contributed by atoms with Gasteiger partial charge in [-0.1, -0.05) is 36.4 Å². The second kappa shape index (κ2) is 6.96. The molecule has 0 saturated heterocycles. The molecule has 0 fully saturated rings. The monoisotopic (exact) mass is 348 g/mol. The topological polar surface area (TPSA) is 54.7 Å². The molecule has 0 spiro atoms. The van der Waals surface area contributed by atoms with E-state index in [1.807, 2.05) is 59.2 Å². The number of hydrogen-bond acceptors (Lipinski definition) is 4. The zero-order valence-electron chi connectivity index (χ0n) is 14.3. The molecule has 0 aliphatic carbocycles. The van der Waals surface area contributed by atoms with Gasteiger partial charge in [-0.05, 0) is 17.7 Å². The lowest BCUT2D eigenvalue weighted by molar-refractivity contribution is 0.306. The summed E-state index contributed by atoms with van der Waals surface area (Å²) in [5.41, 5.74) is 2.75. The van der Waals surface area contributed by atoms with Gasteiger partial charge in [-0.15, -0.1) is 0 Å². The van der Waals surface area contributed by atoms with Crippen molar-refractivity contribution in [1.82, 2.24) is 4.57 Å². The van der Waals surface area contributed by atoms with E-state index < -0.39 is 0 Å². The van der Waals surface area contributed by atoms with E-state index >= 15 is 0 Å². The van der Waals surface area contributed by atoms with Gasteiger partial charge in [0.15, 0.2) is 5.75 Å². The third kappa shape index (κ3) is 3.42. The largest absolute Gasteiger partial charge is 0.503 e. The van der Waals surface area contributed by atoms with E-state index in [4.69, 9.17) is 4.74 Å². The van der Waals surface area contributed by atoms with Crippen molar-refractivity contribution in [3.63, 3.8) is 0 Å². The van der Waals surface area contributed by atoms with Crippen molar-refractivity contribution in [2.24, 2.45) is 0 Å². The molecule has 1 N–H and O–H groups in total. The number of anilines is 1. The maximum atomic E-state index is 11.7. The van der Waals surface area contributed by atoms with E-state index in [1.165, 1.54) is 12.3 Å². The first-order chi connectivity index (χ1) is 12.7. The van der Waals surface area contributed by atoms with Crippen LogP contribution in [0.25, 0.3) is 0 Å². The van der Waals surface area contributed by atoms with E-state index in [0.29, 0.717) is 13.2 Å². The first kappa shape index (κ1) is 16.3. The normalized spacial score (nSPS) is 13.3. The van der Waals surface area contributed by atoms with Crippen molar-refractivity contribution in [3.05, 3.63) is 88.3 Å². The number of fused-ring (bicyclic) bond motifs is 1. The van der Waals surface area contributed by atoms with Crippen molar-refractivity contribution in [3.8, 4) is 11.5 Å². The van der Waals surface area contributed by atoms with Gasteiger partial charge in [0.1, 0.15) is 12.4 Å². The number of aromatic nitrogens is 1. The second-order valence-corrected chi connectivity index (χ2v) is 6.40. The summed E-state index contributed by atoms with van der Waals surface area (Å²) < 4.78 is 7.85. The summed E-state index contributed by atoms with van der Waals surface area (Å²) in [7, 11) is 0. The van der Waals surface area contributed by atoms with Crippen LogP contribution < -0.4 is 15.1 Å². The van der Waals surface area contributed by atoms with Gasteiger partial charge in [0.25, 0.3) is 0 Å². The van der Waals surface area contributed by atoms with Crippen LogP contribution in [0.3, 0.4) is 0 Å². The predicted octanol–water partition coefficient (Wildman–Crippen LogP) is 3.15. The zero-order valence-corrected chi connectivity index (χ0v) is 14.3. The molecular formula is C21H20N2O3. The van der Waals surface area contributed by atoms with E-state index in [-0.39, 0.29) is 11.2 Å². The van der Waals surface area contributed by atoms with Gasteiger partial charge in [0.05, 0.1) is 12.7 Å². The molecule has 2 aromatic carbocycles. The fourth-order valence-corrected chi connectivity index (χ4v) is 3.18. The minimum atomic E-state index is -0.335. The Morgan fingerprint density at radius 3 is 2.69 bits per heavy atom. The Balaban J connectivity index is 1.50. The minimum absolute atomic E-state index is 0.196. The summed E-state index contributed by atoms with van der Waals surface area (Å²) in [5, 5.41) is 9.58. The highest BCUT2D eigenvalue weighted by atomic mass is 16.5. The maximum absolute atomic E-state index is 11.7. The van der Waals surface area contributed by atoms with Crippen molar-refractivity contribution in [2.45, 2.75) is 19.7 Å². The molecular weight excluding hydrogens is 328 g/mol. The lowest BCUT2D eigenvalue weighted by atomic mass is 10.2. The average Bonchev–Trinajstić information content (AvgIpc) is 2.68. The molecule has 0 amide bonds. The minimum Gasteiger partial charge on any atom is -0.503 e. The molecule has 3 aromatic rings. The van der Waals surface area contributed by atoms with E-state index in [9.17, 15) is 9.90 Å². The Morgan fingerprint density at radius 2 is 1.85 bits per heavy atom. The fourth-order valence-electron chi connectivity index (χ4n) is 3.18. The Morgan fingerprint density at radius 1 is 1.00 bits per heavy atom. The van der Waals surface area contributed by atoms with Gasteiger partial charge in [-0.2, -0.15) is 0 Å². The van der Waals surface area contributed by atoms with Crippen molar-refractivity contribution in [1.29, 1.82) is 0 Å². The highest BCUT2D eigenvalue weighted by molar-refractivity contribution is 5.51. The first-order valence-electron chi connectivity index (χ1n) is 8.63. The van der Waals surface area contributed by atoms with Crippen LogP contribution in [0, 0.1) is 0 Å². The van der Waals surface area contributed by atoms with Crippen LogP contribution in [-0.2, 0) is 19.7 Å². The summed E-state index contributed by atoms with van der Waals surface area (Å²) in [5.74, 6) is 0.624. The molecule has 5 nitrogen and oxygen atoms in total. The summed E-state index contributed by atoms with van der Waals surface area (Å²) in [4.78, 5) is 13.9. The summed E-state index contributed by atoms with van der Waals surface area (Å²) in [6.45, 7) is 2.68. The molecule has 1 aromatic heterocycles. The third-order valence-corrected chi connectivity index (χ3v) is 4.59. The van der Waals surface area contributed by atoms with Crippen molar-refractivity contribution < 1.29 is 9.84 Å². The number of benzene rings is 2. The predicted molar refractivity (Wildman–Crippen MR) is 101 cm³/mol. The summed E-state index contributed by atoms with van der Waals surface area (Å²) >= 11 is 0. The highest BCUT2D eigenvalue weighted by Gasteiger charge is 2.17. The molecule has 0 saturated carbocycles. The number of ether oxygens (including phenoxy) is 1. The molecule has 0 bridgehead atoms. The van der Waals surface area contributed by atoms with E-state index in [2.05, 4.69) is 4.90 Å². The van der Waals surface area contributed by atoms with Gasteiger partial charge in [0.2, 0.25) is 5.43 Å². The number of pyridine rings is 1. The summed E-state index contributed by atoms with van der Waals surface area (Å²) in [6.07, 6.45) is 1.52. The molecule has 1 aliphatic heterocycles. The number of aromatic hydroxyl groups is 1. The van der Waals surface area contributed by atoms with Crippen LogP contribution in [0.2, 0.25) is 0 Å². The first-order valence-corrected chi connectivity index (χ1v) is 8.63. The maximum Gasteiger partial charge on any atom is 0.223 e. The van der Waals surface area contributed by atoms with Gasteiger partial charge in [-0.25, -0.2) is 0 Å². The van der Waals surface area contributed by atoms with Crippen LogP contribution in [0.4, 0.5) is 5.69 Å². The van der Waals surface area contributed by atoms with Gasteiger partial charge in [-0.3, -0.25) is 4.79 Å². The Labute approximate surface area is 151 Å². The molecule has 132 valence electrons. The third-order valence-electron chi connectivity index (χ3n) is 4.59. The van der Waals surface area contributed by atoms with E-state index in [1.54, 1.807) is 0 Å². The van der Waals surface area contributed by atoms with E-state index in [0.717, 1.165) is 35.8 Å². The molecule has 5 heteroatoms. The number of rotatable bonds is 4. The highest BCUT2D eigenvalue weighted by Crippen LogP contribution is 2.25.